The minimum atomic E-state index is -0.989. The molecule has 2 N–H and O–H groups in total. The number of hydrogen-bond donors (Lipinski definition) is 2. The van der Waals surface area contributed by atoms with Crippen LogP contribution in [0, 0.1) is 5.92 Å². The van der Waals surface area contributed by atoms with Crippen LogP contribution in [0.1, 0.15) is 19.3 Å². The molecule has 0 saturated heterocycles. The van der Waals surface area contributed by atoms with Crippen LogP contribution in [0.2, 0.25) is 0 Å². The molecule has 0 aromatic rings. The van der Waals surface area contributed by atoms with Gasteiger partial charge in [-0.05, 0) is 30.7 Å². The monoisotopic (exact) mass is 214 g/mol. The van der Waals surface area contributed by atoms with E-state index in [1.54, 1.807) is 0 Å². The zero-order valence-corrected chi connectivity index (χ0v) is 8.73. The standard InChI is InChI=1S/C8H14N4OS/c1-2-6-3-4-8(13-10,11-12-9)7(14)5-6/h2,6-7,14H,1,3-5,10H2. The van der Waals surface area contributed by atoms with Gasteiger partial charge in [0.05, 0.1) is 0 Å². The second kappa shape index (κ2) is 4.70. The highest BCUT2D eigenvalue weighted by molar-refractivity contribution is 7.81. The lowest BCUT2D eigenvalue weighted by molar-refractivity contribution is -0.0669. The van der Waals surface area contributed by atoms with Gasteiger partial charge in [-0.1, -0.05) is 11.2 Å². The summed E-state index contributed by atoms with van der Waals surface area (Å²) in [5, 5.41) is 3.43. The predicted molar refractivity (Wildman–Crippen MR) is 57.5 cm³/mol. The summed E-state index contributed by atoms with van der Waals surface area (Å²) in [4.78, 5) is 7.54. The number of azide groups is 1. The number of hydrogen-bond acceptors (Lipinski definition) is 4. The fraction of sp³-hybridized carbons (Fsp3) is 0.750. The van der Waals surface area contributed by atoms with E-state index in [1.165, 1.54) is 0 Å². The summed E-state index contributed by atoms with van der Waals surface area (Å²) in [6.07, 6.45) is 4.10. The van der Waals surface area contributed by atoms with Crippen LogP contribution in [-0.4, -0.2) is 11.0 Å². The van der Waals surface area contributed by atoms with Gasteiger partial charge < -0.3 is 0 Å². The van der Waals surface area contributed by atoms with Crippen molar-refractivity contribution >= 4 is 12.6 Å². The Morgan fingerprint density at radius 2 is 2.50 bits per heavy atom. The summed E-state index contributed by atoms with van der Waals surface area (Å²) >= 11 is 4.35. The SMILES string of the molecule is C=CC1CCC(N=[N+]=[N-])(ON)C(S)C1. The van der Waals surface area contributed by atoms with Crippen LogP contribution in [0.4, 0.5) is 0 Å². The lowest BCUT2D eigenvalue weighted by atomic mass is 9.83. The molecule has 6 heteroatoms. The van der Waals surface area contributed by atoms with Crippen molar-refractivity contribution in [3.63, 3.8) is 0 Å². The van der Waals surface area contributed by atoms with E-state index >= 15 is 0 Å². The Bertz CT molecular complexity index is 266. The minimum absolute atomic E-state index is 0.180. The summed E-state index contributed by atoms with van der Waals surface area (Å²) in [7, 11) is 0. The molecule has 78 valence electrons. The first-order chi connectivity index (χ1) is 6.68. The second-order valence-corrected chi connectivity index (χ2v) is 4.06. The van der Waals surface area contributed by atoms with Crippen molar-refractivity contribution in [3.8, 4) is 0 Å². The molecule has 1 aliphatic carbocycles. The molecule has 1 rings (SSSR count). The van der Waals surface area contributed by atoms with E-state index in [0.29, 0.717) is 12.3 Å². The topological polar surface area (TPSA) is 84.0 Å². The lowest BCUT2D eigenvalue weighted by Gasteiger charge is -2.38. The van der Waals surface area contributed by atoms with Gasteiger partial charge in [-0.3, -0.25) is 4.84 Å². The Hall–Kier alpha value is -0.680. The zero-order valence-electron chi connectivity index (χ0n) is 7.83. The molecule has 3 atom stereocenters. The van der Waals surface area contributed by atoms with Crippen LogP contribution in [0.5, 0.6) is 0 Å². The van der Waals surface area contributed by atoms with Crippen LogP contribution < -0.4 is 5.90 Å². The lowest BCUT2D eigenvalue weighted by Crippen LogP contribution is -2.46. The summed E-state index contributed by atoms with van der Waals surface area (Å²) < 4.78 is 0. The van der Waals surface area contributed by atoms with Gasteiger partial charge in [-0.2, -0.15) is 12.6 Å². The molecule has 0 aromatic carbocycles. The number of allylic oxidation sites excluding steroid dienone is 1. The molecule has 1 aliphatic rings. The molecule has 0 bridgehead atoms. The average Bonchev–Trinajstić information content (AvgIpc) is 2.21. The molecular weight excluding hydrogens is 200 g/mol. The normalized spacial score (nSPS) is 37.3. The smallest absolute Gasteiger partial charge is 0.179 e. The maximum atomic E-state index is 8.42. The van der Waals surface area contributed by atoms with E-state index < -0.39 is 5.72 Å². The third kappa shape index (κ3) is 2.04. The zero-order chi connectivity index (χ0) is 10.6. The van der Waals surface area contributed by atoms with Gasteiger partial charge in [0.25, 0.3) is 0 Å². The van der Waals surface area contributed by atoms with Crippen molar-refractivity contribution in [1.82, 2.24) is 0 Å². The fourth-order valence-electron chi connectivity index (χ4n) is 1.72. The average molecular weight is 214 g/mol. The second-order valence-electron chi connectivity index (χ2n) is 3.44. The first-order valence-corrected chi connectivity index (χ1v) is 4.95. The molecule has 3 unspecified atom stereocenters. The van der Waals surface area contributed by atoms with Gasteiger partial charge in [-0.15, -0.1) is 6.58 Å². The van der Waals surface area contributed by atoms with Gasteiger partial charge in [0.15, 0.2) is 5.72 Å². The number of nitrogens with zero attached hydrogens (tertiary/aromatic N) is 3. The highest BCUT2D eigenvalue weighted by Gasteiger charge is 2.41. The van der Waals surface area contributed by atoms with Gasteiger partial charge >= 0.3 is 0 Å². The molecule has 0 aromatic heterocycles. The molecule has 0 heterocycles. The van der Waals surface area contributed by atoms with E-state index in [2.05, 4.69) is 29.2 Å². The first kappa shape index (κ1) is 11.4. The molecule has 14 heavy (non-hydrogen) atoms. The van der Waals surface area contributed by atoms with Crippen LogP contribution in [0.25, 0.3) is 10.4 Å². The highest BCUT2D eigenvalue weighted by Crippen LogP contribution is 2.38. The summed E-state index contributed by atoms with van der Waals surface area (Å²) in [5.41, 5.74) is 7.44. The molecule has 0 spiro atoms. The Labute approximate surface area is 88.3 Å². The number of nitrogens with two attached hydrogens (primary N) is 1. The van der Waals surface area contributed by atoms with E-state index in [-0.39, 0.29) is 5.25 Å². The molecule has 0 amide bonds. The predicted octanol–water partition coefficient (Wildman–Crippen LogP) is 2.17. The first-order valence-electron chi connectivity index (χ1n) is 4.43. The summed E-state index contributed by atoms with van der Waals surface area (Å²) in [5.74, 6) is 5.56. The minimum Gasteiger partial charge on any atom is -0.291 e. The third-order valence-electron chi connectivity index (χ3n) is 2.67. The summed E-state index contributed by atoms with van der Waals surface area (Å²) in [6, 6.07) is 0. The Morgan fingerprint density at radius 3 is 2.93 bits per heavy atom. The van der Waals surface area contributed by atoms with Crippen LogP contribution >= 0.6 is 12.6 Å². The van der Waals surface area contributed by atoms with Crippen LogP contribution in [0.15, 0.2) is 17.8 Å². The van der Waals surface area contributed by atoms with Crippen molar-refractivity contribution in [2.75, 3.05) is 0 Å². The quantitative estimate of drug-likeness (QED) is 0.188. The third-order valence-corrected chi connectivity index (χ3v) is 3.29. The molecule has 1 fully saturated rings. The van der Waals surface area contributed by atoms with Crippen molar-refractivity contribution in [2.24, 2.45) is 16.9 Å². The van der Waals surface area contributed by atoms with Gasteiger partial charge in [0.2, 0.25) is 0 Å². The van der Waals surface area contributed by atoms with Crippen molar-refractivity contribution in [2.45, 2.75) is 30.2 Å². The molecule has 5 nitrogen and oxygen atoms in total. The van der Waals surface area contributed by atoms with E-state index in [4.69, 9.17) is 16.3 Å². The molecule has 0 aliphatic heterocycles. The van der Waals surface area contributed by atoms with Crippen molar-refractivity contribution < 1.29 is 4.84 Å². The molecule has 1 saturated carbocycles. The van der Waals surface area contributed by atoms with Gasteiger partial charge in [-0.25, -0.2) is 5.90 Å². The van der Waals surface area contributed by atoms with E-state index in [0.717, 1.165) is 12.8 Å². The Kier molecular flexibility index (Phi) is 3.83. The molecular formula is C8H14N4OS. The maximum absolute atomic E-state index is 8.42. The molecule has 0 radical (unpaired) electrons. The highest BCUT2D eigenvalue weighted by atomic mass is 32.1. The Morgan fingerprint density at radius 1 is 1.79 bits per heavy atom. The van der Waals surface area contributed by atoms with Crippen molar-refractivity contribution in [3.05, 3.63) is 23.1 Å². The van der Waals surface area contributed by atoms with Gasteiger partial charge in [0.1, 0.15) is 0 Å². The summed E-state index contributed by atoms with van der Waals surface area (Å²) in [6.45, 7) is 3.73. The number of thiol groups is 1. The van der Waals surface area contributed by atoms with Crippen LogP contribution in [0.3, 0.4) is 0 Å². The Balaban J connectivity index is 2.80. The van der Waals surface area contributed by atoms with E-state index in [1.807, 2.05) is 6.08 Å². The fourth-order valence-corrected chi connectivity index (χ4v) is 2.23. The largest absolute Gasteiger partial charge is 0.291 e. The van der Waals surface area contributed by atoms with Crippen LogP contribution in [-0.2, 0) is 4.84 Å². The van der Waals surface area contributed by atoms with Crippen molar-refractivity contribution in [1.29, 1.82) is 0 Å². The van der Waals surface area contributed by atoms with Gasteiger partial charge in [0, 0.05) is 10.2 Å². The van der Waals surface area contributed by atoms with E-state index in [9.17, 15) is 0 Å². The number of rotatable bonds is 3. The maximum Gasteiger partial charge on any atom is 0.179 e.